The second-order valence-electron chi connectivity index (χ2n) is 32.3. The fourth-order valence-electron chi connectivity index (χ4n) is 20.0. The number of benzene rings is 20. The van der Waals surface area contributed by atoms with Crippen LogP contribution in [0.15, 0.2) is 449 Å². The Kier molecular flexibility index (Phi) is 15.6. The normalized spacial score (nSPS) is 11.9. The summed E-state index contributed by atoms with van der Waals surface area (Å²) in [6.07, 6.45) is 0. The maximum absolute atomic E-state index is 2.47. The molecule has 0 spiro atoms. The van der Waals surface area contributed by atoms with Gasteiger partial charge in [-0.15, -0.1) is 0 Å². The summed E-state index contributed by atoms with van der Waals surface area (Å²) in [5, 5.41) is 19.8. The number of aromatic nitrogens is 6. The molecule has 0 amide bonds. The van der Waals surface area contributed by atoms with E-state index in [4.69, 9.17) is 0 Å². The van der Waals surface area contributed by atoms with Gasteiger partial charge in [0.15, 0.2) is 0 Å². The second kappa shape index (κ2) is 27.7. The first-order chi connectivity index (χ1) is 60.5. The third-order valence-corrected chi connectivity index (χ3v) is 25.6. The Morgan fingerprint density at radius 3 is 0.721 bits per heavy atom. The molecular formula is C116H74N6. The van der Waals surface area contributed by atoms with Crippen LogP contribution >= 0.6 is 0 Å². The van der Waals surface area contributed by atoms with Crippen LogP contribution in [0, 0.1) is 0 Å². The van der Waals surface area contributed by atoms with Crippen molar-refractivity contribution < 1.29 is 0 Å². The van der Waals surface area contributed by atoms with Crippen LogP contribution in [-0.2, 0) is 0 Å². The Bertz CT molecular complexity index is 8740. The summed E-state index contributed by atoms with van der Waals surface area (Å²) in [5.41, 5.74) is 30.9. The molecule has 122 heavy (non-hydrogen) atoms. The van der Waals surface area contributed by atoms with Gasteiger partial charge < -0.3 is 27.4 Å². The van der Waals surface area contributed by atoms with E-state index >= 15 is 0 Å². The zero-order valence-corrected chi connectivity index (χ0v) is 66.4. The molecule has 0 saturated heterocycles. The van der Waals surface area contributed by atoms with Crippen molar-refractivity contribution in [3.8, 4) is 78.6 Å². The van der Waals surface area contributed by atoms with Crippen molar-refractivity contribution in [1.82, 2.24) is 27.4 Å². The van der Waals surface area contributed by atoms with Crippen LogP contribution in [0.4, 0.5) is 0 Å². The second-order valence-corrected chi connectivity index (χ2v) is 32.3. The van der Waals surface area contributed by atoms with Gasteiger partial charge in [-0.2, -0.15) is 0 Å². The Balaban J connectivity index is 0.000000134. The Labute approximate surface area is 702 Å². The molecule has 6 heteroatoms. The smallest absolute Gasteiger partial charge is 0.0562 e. The van der Waals surface area contributed by atoms with Crippen molar-refractivity contribution in [3.63, 3.8) is 0 Å². The molecular weight excluding hydrogens is 1480 g/mol. The topological polar surface area (TPSA) is 29.6 Å². The molecule has 20 aromatic carbocycles. The van der Waals surface area contributed by atoms with Crippen molar-refractivity contribution in [2.45, 2.75) is 0 Å². The standard InChI is InChI=1S/2C58H37N3/c1-3-14-38(15-4-1)41-18-13-21-45(32-41)60-54-25-12-9-22-47(54)49-34-42(27-30-55(49)60)43-28-31-56-50(35-43)52-37-57-51(48-23-10-11-24-53(48)59(57)44-19-5-2-6-20-44)36-58(52)61(56)46-29-26-39-16-7-8-17-40(39)33-46;1-3-14-38(15-4-1)41-18-13-21-45(32-41)60-54-25-12-9-22-47(54)49-34-42(27-30-55(49)60)43-28-31-56-50(35-43)52-36-51-48-23-10-11-24-53(48)59(44-19-5-2-6-20-44)57(51)37-58(52)61(56)46-29-26-39-16-7-8-17-40(39)33-46/h2*1-37H. The predicted octanol–water partition coefficient (Wildman–Crippen LogP) is 30.9. The van der Waals surface area contributed by atoms with Crippen LogP contribution in [0.5, 0.6) is 0 Å². The summed E-state index contributed by atoms with van der Waals surface area (Å²) in [4.78, 5) is 0. The fraction of sp³-hybridized carbons (Fsp3) is 0. The quantitative estimate of drug-likeness (QED) is 0.131. The van der Waals surface area contributed by atoms with Crippen LogP contribution in [0.3, 0.4) is 0 Å². The van der Waals surface area contributed by atoms with Gasteiger partial charge in [0.25, 0.3) is 0 Å². The molecule has 26 rings (SSSR count). The lowest BCUT2D eigenvalue weighted by atomic mass is 10.00. The molecule has 6 nitrogen and oxygen atoms in total. The van der Waals surface area contributed by atoms with Crippen LogP contribution < -0.4 is 0 Å². The van der Waals surface area contributed by atoms with Gasteiger partial charge in [0.1, 0.15) is 0 Å². The summed E-state index contributed by atoms with van der Waals surface area (Å²) >= 11 is 0. The van der Waals surface area contributed by atoms with Crippen LogP contribution in [0.1, 0.15) is 0 Å². The molecule has 0 radical (unpaired) electrons. The van der Waals surface area contributed by atoms with E-state index in [1.165, 1.54) is 197 Å². The van der Waals surface area contributed by atoms with Crippen molar-refractivity contribution in [2.75, 3.05) is 0 Å². The molecule has 0 N–H and O–H groups in total. The van der Waals surface area contributed by atoms with Gasteiger partial charge >= 0.3 is 0 Å². The zero-order chi connectivity index (χ0) is 80.0. The van der Waals surface area contributed by atoms with Crippen LogP contribution in [0.25, 0.3) is 231 Å². The molecule has 568 valence electrons. The van der Waals surface area contributed by atoms with E-state index in [-0.39, 0.29) is 0 Å². The highest BCUT2D eigenvalue weighted by Gasteiger charge is 2.25. The van der Waals surface area contributed by atoms with Crippen molar-refractivity contribution in [1.29, 1.82) is 0 Å². The minimum absolute atomic E-state index is 1.15. The van der Waals surface area contributed by atoms with Gasteiger partial charge in [-0.3, -0.25) is 0 Å². The molecule has 6 aromatic heterocycles. The van der Waals surface area contributed by atoms with Crippen molar-refractivity contribution >= 4 is 152 Å². The number of hydrogen-bond donors (Lipinski definition) is 0. The average Bonchev–Trinajstić information content (AvgIpc) is 1.56. The number of para-hydroxylation sites is 6. The van der Waals surface area contributed by atoms with E-state index in [1.54, 1.807) is 0 Å². The number of hydrogen-bond acceptors (Lipinski definition) is 0. The van der Waals surface area contributed by atoms with Gasteiger partial charge in [-0.25, -0.2) is 0 Å². The maximum atomic E-state index is 2.47. The summed E-state index contributed by atoms with van der Waals surface area (Å²) in [6.45, 7) is 0. The molecule has 0 aliphatic rings. The maximum Gasteiger partial charge on any atom is 0.0562 e. The van der Waals surface area contributed by atoms with Gasteiger partial charge in [-0.05, 0) is 236 Å². The van der Waals surface area contributed by atoms with Gasteiger partial charge in [0, 0.05) is 98.8 Å². The highest BCUT2D eigenvalue weighted by molar-refractivity contribution is 6.22. The summed E-state index contributed by atoms with van der Waals surface area (Å²) in [7, 11) is 0. The third-order valence-electron chi connectivity index (χ3n) is 25.6. The molecule has 0 atom stereocenters. The summed E-state index contributed by atoms with van der Waals surface area (Å²) in [6, 6.07) is 165. The minimum atomic E-state index is 1.15. The minimum Gasteiger partial charge on any atom is -0.309 e. The first-order valence-corrected chi connectivity index (χ1v) is 42.0. The highest BCUT2D eigenvalue weighted by atomic mass is 15.0. The first-order valence-electron chi connectivity index (χ1n) is 42.0. The van der Waals surface area contributed by atoms with Crippen LogP contribution in [0.2, 0.25) is 0 Å². The van der Waals surface area contributed by atoms with E-state index in [1.807, 2.05) is 0 Å². The van der Waals surface area contributed by atoms with E-state index in [9.17, 15) is 0 Å². The lowest BCUT2D eigenvalue weighted by Crippen LogP contribution is -1.96. The Morgan fingerprint density at radius 2 is 0.336 bits per heavy atom. The van der Waals surface area contributed by atoms with Crippen molar-refractivity contribution in [2.24, 2.45) is 0 Å². The monoisotopic (exact) mass is 1550 g/mol. The number of rotatable bonds is 10. The molecule has 0 saturated carbocycles. The average molecular weight is 1550 g/mol. The molecule has 6 heterocycles. The van der Waals surface area contributed by atoms with Crippen molar-refractivity contribution in [3.05, 3.63) is 449 Å². The van der Waals surface area contributed by atoms with Crippen LogP contribution in [-0.4, -0.2) is 27.4 Å². The molecule has 0 bridgehead atoms. The summed E-state index contributed by atoms with van der Waals surface area (Å²) < 4.78 is 14.6. The van der Waals surface area contributed by atoms with E-state index < -0.39 is 0 Å². The third kappa shape index (κ3) is 11.0. The summed E-state index contributed by atoms with van der Waals surface area (Å²) in [5.74, 6) is 0. The highest BCUT2D eigenvalue weighted by Crippen LogP contribution is 2.47. The van der Waals surface area contributed by atoms with E-state index in [0.717, 1.165) is 34.1 Å². The molecule has 26 aromatic rings. The van der Waals surface area contributed by atoms with Gasteiger partial charge in [0.2, 0.25) is 0 Å². The number of fused-ring (bicyclic) bond motifs is 20. The first kappa shape index (κ1) is 68.9. The largest absolute Gasteiger partial charge is 0.309 e. The Morgan fingerprint density at radius 1 is 0.0984 bits per heavy atom. The molecule has 0 fully saturated rings. The SMILES string of the molecule is c1ccc(-c2cccc(-n3c4ccccc4c4cc(-c5ccc6c(c5)c5cc7c(cc5n6-c5ccc6ccccc6c5)c5ccccc5n7-c5ccccc5)ccc43)c2)cc1.c1ccc(-c2cccc(-n3c4ccccc4c4cc(-c5ccc6c(c5)c5cc7c8ccccc8n(-c8ccccc8)c7cc5n6-c5ccc6ccccc6c5)ccc43)c2)cc1. The predicted molar refractivity (Wildman–Crippen MR) is 516 cm³/mol. The van der Waals surface area contributed by atoms with E-state index in [0.29, 0.717) is 0 Å². The zero-order valence-electron chi connectivity index (χ0n) is 66.4. The van der Waals surface area contributed by atoms with E-state index in [2.05, 4.69) is 476 Å². The lowest BCUT2D eigenvalue weighted by Gasteiger charge is -2.11. The molecule has 0 unspecified atom stereocenters. The molecule has 0 aliphatic heterocycles. The number of nitrogens with zero attached hydrogens (tertiary/aromatic N) is 6. The lowest BCUT2D eigenvalue weighted by molar-refractivity contribution is 1.17. The fourth-order valence-corrected chi connectivity index (χ4v) is 20.0. The van der Waals surface area contributed by atoms with Gasteiger partial charge in [-0.1, -0.05) is 279 Å². The Hall–Kier alpha value is -16.3. The molecule has 0 aliphatic carbocycles. The van der Waals surface area contributed by atoms with Gasteiger partial charge in [0.05, 0.1) is 66.2 Å².